The predicted molar refractivity (Wildman–Crippen MR) is 222 cm³/mol. The molecular formula is C42H30B4O5. The fourth-order valence-corrected chi connectivity index (χ4v) is 7.98. The molecule has 4 N–H and O–H groups in total. The molecule has 0 bridgehead atoms. The lowest BCUT2D eigenvalue weighted by atomic mass is 9.71. The van der Waals surface area contributed by atoms with Gasteiger partial charge < -0.3 is 24.8 Å². The van der Waals surface area contributed by atoms with Gasteiger partial charge in [0.25, 0.3) is 0 Å². The maximum atomic E-state index is 12.2. The van der Waals surface area contributed by atoms with Crippen LogP contribution in [-0.4, -0.2) is 51.8 Å². The van der Waals surface area contributed by atoms with E-state index in [2.05, 4.69) is 24.3 Å². The van der Waals surface area contributed by atoms with Gasteiger partial charge in [-0.15, -0.1) is 0 Å². The number of para-hydroxylation sites is 1. The number of fused-ring (bicyclic) bond motifs is 6. The minimum absolute atomic E-state index is 0.00150. The van der Waals surface area contributed by atoms with E-state index in [9.17, 15) is 20.4 Å². The molecule has 9 heteroatoms. The molecule has 0 saturated carbocycles. The average molecular weight is 658 g/mol. The SMILES string of the molecule is Bc1c(B)c(O)c2c(-c3ccc(-c4ccccc4)c4ccccc34)c3c(O)c(B)c(B)c(O)c3c(-c3ccc4oc5ccccc5c4c3)c2c1O. The number of benzene rings is 8. The van der Waals surface area contributed by atoms with Crippen molar-refractivity contribution in [2.75, 3.05) is 0 Å². The highest BCUT2D eigenvalue weighted by molar-refractivity contribution is 6.56. The first-order valence-corrected chi connectivity index (χ1v) is 17.0. The Balaban J connectivity index is 1.53. The molecule has 0 aliphatic heterocycles. The summed E-state index contributed by atoms with van der Waals surface area (Å²) in [5.41, 5.74) is 8.14. The summed E-state index contributed by atoms with van der Waals surface area (Å²) in [6.07, 6.45) is 0. The second-order valence-electron chi connectivity index (χ2n) is 13.5. The molecule has 0 unspecified atom stereocenters. The maximum absolute atomic E-state index is 12.2. The minimum atomic E-state index is -0.00192. The molecule has 0 radical (unpaired) electrons. The molecule has 9 aromatic rings. The van der Waals surface area contributed by atoms with Gasteiger partial charge in [-0.25, -0.2) is 0 Å². The van der Waals surface area contributed by atoms with Crippen molar-refractivity contribution in [2.24, 2.45) is 0 Å². The number of hydrogen-bond acceptors (Lipinski definition) is 5. The summed E-state index contributed by atoms with van der Waals surface area (Å²) >= 11 is 0. The smallest absolute Gasteiger partial charge is 0.143 e. The van der Waals surface area contributed by atoms with E-state index in [0.29, 0.717) is 65.7 Å². The summed E-state index contributed by atoms with van der Waals surface area (Å²) in [6, 6.07) is 35.9. The number of phenols is 4. The summed E-state index contributed by atoms with van der Waals surface area (Å²) in [7, 11) is 7.14. The molecule has 9 rings (SSSR count). The summed E-state index contributed by atoms with van der Waals surface area (Å²) in [5, 5.41) is 54.1. The van der Waals surface area contributed by atoms with Gasteiger partial charge in [-0.3, -0.25) is 0 Å². The van der Waals surface area contributed by atoms with Crippen LogP contribution in [0.2, 0.25) is 0 Å². The van der Waals surface area contributed by atoms with E-state index in [1.54, 1.807) is 31.4 Å². The van der Waals surface area contributed by atoms with Gasteiger partial charge in [0.1, 0.15) is 65.5 Å². The van der Waals surface area contributed by atoms with E-state index in [4.69, 9.17) is 4.42 Å². The van der Waals surface area contributed by atoms with E-state index in [1.165, 1.54) is 0 Å². The number of phenolic OH excluding ortho intramolecular Hbond substituents is 4. The highest BCUT2D eigenvalue weighted by Crippen LogP contribution is 2.54. The average Bonchev–Trinajstić information content (AvgIpc) is 3.54. The molecule has 8 aromatic carbocycles. The van der Waals surface area contributed by atoms with Crippen LogP contribution < -0.4 is 21.9 Å². The lowest BCUT2D eigenvalue weighted by Crippen LogP contribution is -2.28. The van der Waals surface area contributed by atoms with Gasteiger partial charge in [-0.1, -0.05) is 91.0 Å². The fourth-order valence-electron chi connectivity index (χ4n) is 7.98. The van der Waals surface area contributed by atoms with Crippen molar-refractivity contribution in [3.8, 4) is 56.4 Å². The Morgan fingerprint density at radius 2 is 0.824 bits per heavy atom. The Hall–Kier alpha value is -6.20. The lowest BCUT2D eigenvalue weighted by molar-refractivity contribution is 0.474. The lowest BCUT2D eigenvalue weighted by Gasteiger charge is -2.25. The number of hydrogen-bond donors (Lipinski definition) is 4. The topological polar surface area (TPSA) is 94.1 Å². The summed E-state index contributed by atoms with van der Waals surface area (Å²) < 4.78 is 6.15. The second-order valence-corrected chi connectivity index (χ2v) is 13.5. The molecular weight excluding hydrogens is 628 g/mol. The molecule has 51 heavy (non-hydrogen) atoms. The van der Waals surface area contributed by atoms with Crippen molar-refractivity contribution in [1.29, 1.82) is 0 Å². The zero-order chi connectivity index (χ0) is 35.3. The quantitative estimate of drug-likeness (QED) is 0.131. The van der Waals surface area contributed by atoms with Crippen LogP contribution in [0.15, 0.2) is 114 Å². The minimum Gasteiger partial charge on any atom is -0.508 e. The molecule has 0 spiro atoms. The van der Waals surface area contributed by atoms with Gasteiger partial charge in [0.15, 0.2) is 0 Å². The van der Waals surface area contributed by atoms with Gasteiger partial charge in [0, 0.05) is 43.4 Å². The third kappa shape index (κ3) is 4.27. The highest BCUT2D eigenvalue weighted by Gasteiger charge is 2.30. The predicted octanol–water partition coefficient (Wildman–Crippen LogP) is 3.90. The molecule has 240 valence electrons. The first-order valence-electron chi connectivity index (χ1n) is 17.0. The summed E-state index contributed by atoms with van der Waals surface area (Å²) in [6.45, 7) is 0. The van der Waals surface area contributed by atoms with Crippen LogP contribution in [0.25, 0.3) is 87.6 Å². The van der Waals surface area contributed by atoms with Crippen LogP contribution in [0.5, 0.6) is 23.0 Å². The van der Waals surface area contributed by atoms with Crippen LogP contribution in [-0.2, 0) is 0 Å². The standard InChI is InChI=1S/C42H30B4O5/c43-35-37(45)41(49)33-30(25-16-15-21(19-8-2-1-3-9-19)22-10-4-5-11-23(22)25)34-32(40(48)36(44)38(46)42(34)50)29(31(33)39(35)47)20-14-17-28-26(18-20)24-12-6-7-13-27(24)51-28/h1-18,47-50H,43-46H2. The van der Waals surface area contributed by atoms with Crippen LogP contribution >= 0.6 is 0 Å². The number of aromatic hydroxyl groups is 4. The van der Waals surface area contributed by atoms with Gasteiger partial charge >= 0.3 is 0 Å². The Kier molecular flexibility index (Phi) is 6.74. The van der Waals surface area contributed by atoms with Crippen molar-refractivity contribution in [3.05, 3.63) is 109 Å². The van der Waals surface area contributed by atoms with Crippen LogP contribution in [0.3, 0.4) is 0 Å². The maximum Gasteiger partial charge on any atom is 0.143 e. The number of furan rings is 1. The molecule has 5 nitrogen and oxygen atoms in total. The van der Waals surface area contributed by atoms with Gasteiger partial charge in [-0.2, -0.15) is 0 Å². The highest BCUT2D eigenvalue weighted by atomic mass is 16.3. The second kappa shape index (κ2) is 11.2. The largest absolute Gasteiger partial charge is 0.508 e. The van der Waals surface area contributed by atoms with Crippen molar-refractivity contribution in [2.45, 2.75) is 0 Å². The Bertz CT molecular complexity index is 2870. The molecule has 1 heterocycles. The zero-order valence-electron chi connectivity index (χ0n) is 28.6. The van der Waals surface area contributed by atoms with E-state index in [0.717, 1.165) is 43.8 Å². The third-order valence-corrected chi connectivity index (χ3v) is 10.9. The summed E-state index contributed by atoms with van der Waals surface area (Å²) in [4.78, 5) is 0. The van der Waals surface area contributed by atoms with Crippen molar-refractivity contribution >= 4 is 107 Å². The van der Waals surface area contributed by atoms with E-state index in [-0.39, 0.29) is 23.0 Å². The van der Waals surface area contributed by atoms with Crippen molar-refractivity contribution in [1.82, 2.24) is 0 Å². The normalized spacial score (nSPS) is 11.8. The molecule has 0 atom stereocenters. The molecule has 0 aliphatic rings. The van der Waals surface area contributed by atoms with E-state index >= 15 is 0 Å². The third-order valence-electron chi connectivity index (χ3n) is 10.9. The molecule has 0 aliphatic carbocycles. The van der Waals surface area contributed by atoms with E-state index in [1.807, 2.05) is 84.9 Å². The zero-order valence-corrected chi connectivity index (χ0v) is 28.6. The molecule has 1 aromatic heterocycles. The molecule has 0 amide bonds. The Labute approximate surface area is 297 Å². The molecule has 0 fully saturated rings. The summed E-state index contributed by atoms with van der Waals surface area (Å²) in [5.74, 6) is -0.000830. The van der Waals surface area contributed by atoms with E-state index < -0.39 is 0 Å². The first kappa shape index (κ1) is 30.8. The van der Waals surface area contributed by atoms with Crippen LogP contribution in [0, 0.1) is 0 Å². The van der Waals surface area contributed by atoms with Gasteiger partial charge in [0.2, 0.25) is 0 Å². The van der Waals surface area contributed by atoms with Crippen molar-refractivity contribution in [3.63, 3.8) is 0 Å². The van der Waals surface area contributed by atoms with Crippen LogP contribution in [0.1, 0.15) is 0 Å². The first-order chi connectivity index (χ1) is 24.7. The number of rotatable bonds is 3. The Morgan fingerprint density at radius 3 is 1.41 bits per heavy atom. The Morgan fingerprint density at radius 1 is 0.373 bits per heavy atom. The van der Waals surface area contributed by atoms with Crippen molar-refractivity contribution < 1.29 is 24.8 Å². The monoisotopic (exact) mass is 658 g/mol. The van der Waals surface area contributed by atoms with Crippen LogP contribution in [0.4, 0.5) is 0 Å². The fraction of sp³-hybridized carbons (Fsp3) is 0. The van der Waals surface area contributed by atoms with Gasteiger partial charge in [-0.05, 0) is 73.1 Å². The molecule has 0 saturated heterocycles. The van der Waals surface area contributed by atoms with Gasteiger partial charge in [0.05, 0.1) is 0 Å².